The van der Waals surface area contributed by atoms with Crippen LogP contribution in [-0.2, 0) is 19.6 Å². The molecule has 0 atom stereocenters. The molecule has 0 radical (unpaired) electrons. The summed E-state index contributed by atoms with van der Waals surface area (Å²) >= 11 is 0. The first-order valence-corrected chi connectivity index (χ1v) is 7.40. The number of benzene rings is 1. The number of nitrogens with two attached hydrogens (primary N) is 1. The van der Waals surface area contributed by atoms with E-state index in [0.717, 1.165) is 0 Å². The van der Waals surface area contributed by atoms with E-state index in [1.807, 2.05) is 6.07 Å². The molecule has 1 aromatic rings. The fourth-order valence-electron chi connectivity index (χ4n) is 1.47. The van der Waals surface area contributed by atoms with Gasteiger partial charge in [0.15, 0.2) is 0 Å². The molecule has 0 amide bonds. The van der Waals surface area contributed by atoms with Crippen molar-refractivity contribution >= 4 is 27.4 Å². The molecule has 1 rings (SSSR count). The van der Waals surface area contributed by atoms with Crippen LogP contribution in [0.1, 0.15) is 18.4 Å². The number of rotatable bonds is 6. The quantitative estimate of drug-likeness (QED) is 0.592. The fourth-order valence-corrected chi connectivity index (χ4v) is 2.61. The lowest BCUT2D eigenvalue weighted by molar-refractivity contribution is -0.140. The number of nitrogen functional groups attached to an aromatic ring is 1. The number of esters is 1. The molecular formula is C12H15N3O4S. The number of methoxy groups -OCH3 is 1. The number of carbonyl (C=O) groups is 1. The number of nitrogens with one attached hydrogen (secondary N) is 1. The third-order valence-electron chi connectivity index (χ3n) is 2.45. The van der Waals surface area contributed by atoms with Gasteiger partial charge in [0, 0.05) is 12.1 Å². The standard InChI is InChI=1S/C12H15N3O4S/c1-19-12(16)3-2-6-20(17,18)15-11-5-4-10(14)7-9(11)8-13/h4-5,7,15H,2-3,6,14H2,1H3. The van der Waals surface area contributed by atoms with Gasteiger partial charge >= 0.3 is 5.97 Å². The first-order valence-electron chi connectivity index (χ1n) is 5.75. The van der Waals surface area contributed by atoms with E-state index in [9.17, 15) is 13.2 Å². The molecule has 0 heterocycles. The summed E-state index contributed by atoms with van der Waals surface area (Å²) in [6.07, 6.45) is 0.156. The summed E-state index contributed by atoms with van der Waals surface area (Å²) in [7, 11) is -2.39. The molecule has 0 saturated heterocycles. The average Bonchev–Trinajstić information content (AvgIpc) is 2.40. The zero-order valence-electron chi connectivity index (χ0n) is 10.9. The van der Waals surface area contributed by atoms with Crippen molar-refractivity contribution in [2.24, 2.45) is 0 Å². The molecule has 0 aromatic heterocycles. The minimum Gasteiger partial charge on any atom is -0.469 e. The molecule has 0 aliphatic carbocycles. The van der Waals surface area contributed by atoms with E-state index in [-0.39, 0.29) is 29.8 Å². The predicted octanol–water partition coefficient (Wildman–Crippen LogP) is 0.835. The molecule has 0 saturated carbocycles. The molecule has 0 aliphatic rings. The Morgan fingerprint density at radius 3 is 2.80 bits per heavy atom. The van der Waals surface area contributed by atoms with Crippen molar-refractivity contribution in [3.8, 4) is 6.07 Å². The van der Waals surface area contributed by atoms with Crippen LogP contribution < -0.4 is 10.5 Å². The first kappa shape index (κ1) is 15.8. The first-order chi connectivity index (χ1) is 9.38. The summed E-state index contributed by atoms with van der Waals surface area (Å²) in [6, 6.07) is 6.16. The summed E-state index contributed by atoms with van der Waals surface area (Å²) < 4.78 is 30.4. The second-order valence-corrected chi connectivity index (χ2v) is 5.86. The van der Waals surface area contributed by atoms with Crippen LogP contribution in [0, 0.1) is 11.3 Å². The third kappa shape index (κ3) is 4.78. The highest BCUT2D eigenvalue weighted by Gasteiger charge is 2.14. The maximum absolute atomic E-state index is 11.8. The average molecular weight is 297 g/mol. The van der Waals surface area contributed by atoms with Gasteiger partial charge in [-0.15, -0.1) is 0 Å². The summed E-state index contributed by atoms with van der Waals surface area (Å²) in [5, 5.41) is 8.92. The molecule has 0 spiro atoms. The van der Waals surface area contributed by atoms with Crippen molar-refractivity contribution < 1.29 is 17.9 Å². The Labute approximate surface area is 117 Å². The van der Waals surface area contributed by atoms with Crippen LogP contribution in [0.15, 0.2) is 18.2 Å². The lowest BCUT2D eigenvalue weighted by Crippen LogP contribution is -2.18. The highest BCUT2D eigenvalue weighted by molar-refractivity contribution is 7.92. The minimum absolute atomic E-state index is 0.0181. The Kier molecular flexibility index (Phi) is 5.34. The van der Waals surface area contributed by atoms with E-state index in [4.69, 9.17) is 11.0 Å². The van der Waals surface area contributed by atoms with Gasteiger partial charge in [-0.25, -0.2) is 8.42 Å². The van der Waals surface area contributed by atoms with E-state index < -0.39 is 16.0 Å². The summed E-state index contributed by atoms with van der Waals surface area (Å²) in [5.74, 6) is -0.706. The molecule has 0 fully saturated rings. The molecule has 3 N–H and O–H groups in total. The minimum atomic E-state index is -3.63. The smallest absolute Gasteiger partial charge is 0.305 e. The van der Waals surface area contributed by atoms with Crippen LogP contribution >= 0.6 is 0 Å². The van der Waals surface area contributed by atoms with Crippen molar-refractivity contribution in [2.45, 2.75) is 12.8 Å². The molecule has 0 unspecified atom stereocenters. The number of nitrogens with zero attached hydrogens (tertiary/aromatic N) is 1. The van der Waals surface area contributed by atoms with Crippen LogP contribution in [0.3, 0.4) is 0 Å². The summed E-state index contributed by atoms with van der Waals surface area (Å²) in [6.45, 7) is 0. The van der Waals surface area contributed by atoms with Gasteiger partial charge in [-0.05, 0) is 24.6 Å². The van der Waals surface area contributed by atoms with E-state index >= 15 is 0 Å². The number of hydrogen-bond donors (Lipinski definition) is 2. The number of hydrogen-bond acceptors (Lipinski definition) is 6. The lowest BCUT2D eigenvalue weighted by atomic mass is 10.2. The van der Waals surface area contributed by atoms with Crippen molar-refractivity contribution in [3.63, 3.8) is 0 Å². The molecule has 0 aliphatic heterocycles. The van der Waals surface area contributed by atoms with Gasteiger partial charge in [0.05, 0.1) is 24.1 Å². The second kappa shape index (κ2) is 6.77. The van der Waals surface area contributed by atoms with Crippen LogP contribution in [0.25, 0.3) is 0 Å². The Morgan fingerprint density at radius 2 is 2.20 bits per heavy atom. The molecule has 20 heavy (non-hydrogen) atoms. The van der Waals surface area contributed by atoms with Crippen molar-refractivity contribution in [1.29, 1.82) is 5.26 Å². The Bertz CT molecular complexity index is 635. The van der Waals surface area contributed by atoms with Crippen LogP contribution in [-0.4, -0.2) is 27.2 Å². The van der Waals surface area contributed by atoms with E-state index in [0.29, 0.717) is 5.69 Å². The fraction of sp³-hybridized carbons (Fsp3) is 0.333. The van der Waals surface area contributed by atoms with Crippen molar-refractivity contribution in [2.75, 3.05) is 23.3 Å². The maximum atomic E-state index is 11.8. The maximum Gasteiger partial charge on any atom is 0.305 e. The molecule has 7 nitrogen and oxygen atoms in total. The van der Waals surface area contributed by atoms with E-state index in [1.165, 1.54) is 25.3 Å². The van der Waals surface area contributed by atoms with Gasteiger partial charge < -0.3 is 10.5 Å². The van der Waals surface area contributed by atoms with Gasteiger partial charge in [-0.1, -0.05) is 0 Å². The van der Waals surface area contributed by atoms with Crippen LogP contribution in [0.5, 0.6) is 0 Å². The molecular weight excluding hydrogens is 282 g/mol. The van der Waals surface area contributed by atoms with Gasteiger partial charge in [-0.3, -0.25) is 9.52 Å². The number of anilines is 2. The van der Waals surface area contributed by atoms with Gasteiger partial charge in [-0.2, -0.15) is 5.26 Å². The number of nitriles is 1. The zero-order valence-corrected chi connectivity index (χ0v) is 11.7. The number of carbonyl (C=O) groups excluding carboxylic acids is 1. The molecule has 108 valence electrons. The molecule has 8 heteroatoms. The van der Waals surface area contributed by atoms with E-state index in [1.54, 1.807) is 0 Å². The predicted molar refractivity (Wildman–Crippen MR) is 74.2 cm³/mol. The topological polar surface area (TPSA) is 122 Å². The Morgan fingerprint density at radius 1 is 1.50 bits per heavy atom. The van der Waals surface area contributed by atoms with E-state index in [2.05, 4.69) is 9.46 Å². The lowest BCUT2D eigenvalue weighted by Gasteiger charge is -2.09. The molecule has 0 bridgehead atoms. The summed E-state index contributed by atoms with van der Waals surface area (Å²) in [4.78, 5) is 10.9. The van der Waals surface area contributed by atoms with Crippen LogP contribution in [0.4, 0.5) is 11.4 Å². The Balaban J connectivity index is 2.72. The number of ether oxygens (including phenoxy) is 1. The van der Waals surface area contributed by atoms with Gasteiger partial charge in [0.2, 0.25) is 10.0 Å². The van der Waals surface area contributed by atoms with Crippen molar-refractivity contribution in [1.82, 2.24) is 0 Å². The van der Waals surface area contributed by atoms with Gasteiger partial charge in [0.25, 0.3) is 0 Å². The molecule has 1 aromatic carbocycles. The monoisotopic (exact) mass is 297 g/mol. The zero-order chi connectivity index (χ0) is 15.2. The SMILES string of the molecule is COC(=O)CCCS(=O)(=O)Nc1ccc(N)cc1C#N. The van der Waals surface area contributed by atoms with Gasteiger partial charge in [0.1, 0.15) is 6.07 Å². The van der Waals surface area contributed by atoms with Crippen molar-refractivity contribution in [3.05, 3.63) is 23.8 Å². The highest BCUT2D eigenvalue weighted by Crippen LogP contribution is 2.19. The Hall–Kier alpha value is -2.27. The third-order valence-corrected chi connectivity index (χ3v) is 3.81. The summed E-state index contributed by atoms with van der Waals surface area (Å²) in [5.41, 5.74) is 6.19. The van der Waals surface area contributed by atoms with Crippen LogP contribution in [0.2, 0.25) is 0 Å². The largest absolute Gasteiger partial charge is 0.469 e. The second-order valence-electron chi connectivity index (χ2n) is 4.02. The normalized spacial score (nSPS) is 10.6. The highest BCUT2D eigenvalue weighted by atomic mass is 32.2. The number of sulfonamides is 1.